The number of aryl methyl sites for hydroxylation is 2. The van der Waals surface area contributed by atoms with Gasteiger partial charge in [-0.3, -0.25) is 4.79 Å². The van der Waals surface area contributed by atoms with Crippen molar-refractivity contribution in [1.29, 1.82) is 0 Å². The van der Waals surface area contributed by atoms with Gasteiger partial charge in [-0.1, -0.05) is 90.1 Å². The van der Waals surface area contributed by atoms with E-state index in [0.717, 1.165) is 12.8 Å². The molecule has 0 heterocycles. The minimum absolute atomic E-state index is 0.187. The largest absolute Gasteiger partial charge is 0.299 e. The lowest BCUT2D eigenvalue weighted by Gasteiger charge is -2.29. The Morgan fingerprint density at radius 2 is 1.83 bits per heavy atom. The Morgan fingerprint density at radius 3 is 2.39 bits per heavy atom. The van der Waals surface area contributed by atoms with Gasteiger partial charge >= 0.3 is 0 Å². The van der Waals surface area contributed by atoms with E-state index in [1.165, 1.54) is 36.8 Å². The summed E-state index contributed by atoms with van der Waals surface area (Å²) in [5, 5.41) is 0. The third-order valence-electron chi connectivity index (χ3n) is 4.85. The summed E-state index contributed by atoms with van der Waals surface area (Å²) in [5.41, 5.74) is 2.42. The quantitative estimate of drug-likeness (QED) is 0.483. The SMILES string of the molecule is CCCCCC(C)C(CCc1cccc(C)c1)C(=O)C(C)(C)C. The molecule has 0 radical (unpaired) electrons. The lowest BCUT2D eigenvalue weighted by atomic mass is 9.74. The second-order valence-corrected chi connectivity index (χ2v) is 8.22. The molecule has 1 heteroatoms. The van der Waals surface area contributed by atoms with E-state index < -0.39 is 0 Å². The number of unbranched alkanes of at least 4 members (excludes halogenated alkanes) is 2. The molecule has 0 aliphatic rings. The van der Waals surface area contributed by atoms with Crippen molar-refractivity contribution in [2.45, 2.75) is 80.1 Å². The summed E-state index contributed by atoms with van der Waals surface area (Å²) in [4.78, 5) is 12.9. The molecule has 0 saturated heterocycles. The Labute approximate surface area is 143 Å². The van der Waals surface area contributed by atoms with E-state index >= 15 is 0 Å². The third kappa shape index (κ3) is 6.89. The minimum atomic E-state index is -0.240. The third-order valence-corrected chi connectivity index (χ3v) is 4.85. The van der Waals surface area contributed by atoms with Gasteiger partial charge in [0.05, 0.1) is 0 Å². The van der Waals surface area contributed by atoms with E-state index in [9.17, 15) is 4.79 Å². The van der Waals surface area contributed by atoms with Gasteiger partial charge in [-0.05, 0) is 31.2 Å². The number of benzene rings is 1. The molecule has 0 spiro atoms. The van der Waals surface area contributed by atoms with Gasteiger partial charge in [0.25, 0.3) is 0 Å². The Kier molecular flexibility index (Phi) is 8.02. The van der Waals surface area contributed by atoms with Crippen molar-refractivity contribution in [3.05, 3.63) is 35.4 Å². The van der Waals surface area contributed by atoms with E-state index in [-0.39, 0.29) is 11.3 Å². The highest BCUT2D eigenvalue weighted by Crippen LogP contribution is 2.31. The number of hydrogen-bond acceptors (Lipinski definition) is 1. The Morgan fingerprint density at radius 1 is 1.13 bits per heavy atom. The predicted molar refractivity (Wildman–Crippen MR) is 101 cm³/mol. The van der Waals surface area contributed by atoms with Gasteiger partial charge in [-0.25, -0.2) is 0 Å². The average Bonchev–Trinajstić information content (AvgIpc) is 2.46. The maximum Gasteiger partial charge on any atom is 0.141 e. The van der Waals surface area contributed by atoms with Crippen LogP contribution >= 0.6 is 0 Å². The molecule has 0 N–H and O–H groups in total. The molecule has 1 nitrogen and oxygen atoms in total. The number of carbonyl (C=O) groups excluding carboxylic acids is 1. The number of hydrogen-bond donors (Lipinski definition) is 0. The fraction of sp³-hybridized carbons (Fsp3) is 0.682. The first kappa shape index (κ1) is 19.9. The van der Waals surface area contributed by atoms with Crippen molar-refractivity contribution in [3.63, 3.8) is 0 Å². The second kappa shape index (κ2) is 9.25. The smallest absolute Gasteiger partial charge is 0.141 e. The fourth-order valence-electron chi connectivity index (χ4n) is 3.34. The normalized spacial score (nSPS) is 14.5. The molecule has 0 saturated carbocycles. The van der Waals surface area contributed by atoms with Crippen LogP contribution in [0.25, 0.3) is 0 Å². The van der Waals surface area contributed by atoms with Crippen LogP contribution in [0, 0.1) is 24.2 Å². The van der Waals surface area contributed by atoms with Gasteiger partial charge in [-0.2, -0.15) is 0 Å². The average molecular weight is 317 g/mol. The lowest BCUT2D eigenvalue weighted by molar-refractivity contribution is -0.132. The van der Waals surface area contributed by atoms with Crippen molar-refractivity contribution in [2.24, 2.45) is 17.3 Å². The highest BCUT2D eigenvalue weighted by atomic mass is 16.1. The Hall–Kier alpha value is -1.11. The van der Waals surface area contributed by atoms with Crippen molar-refractivity contribution >= 4 is 5.78 Å². The van der Waals surface area contributed by atoms with E-state index in [1.54, 1.807) is 0 Å². The molecule has 0 aromatic heterocycles. The minimum Gasteiger partial charge on any atom is -0.299 e. The second-order valence-electron chi connectivity index (χ2n) is 8.22. The van der Waals surface area contributed by atoms with Crippen LogP contribution in [0.5, 0.6) is 0 Å². The van der Waals surface area contributed by atoms with Crippen molar-refractivity contribution < 1.29 is 4.79 Å². The molecule has 0 aliphatic carbocycles. The lowest BCUT2D eigenvalue weighted by Crippen LogP contribution is -2.32. The molecule has 2 unspecified atom stereocenters. The van der Waals surface area contributed by atoms with Crippen LogP contribution in [-0.2, 0) is 11.2 Å². The standard InChI is InChI=1S/C22H36O/c1-7-8-9-12-18(3)20(21(23)22(4,5)6)15-14-19-13-10-11-17(2)16-19/h10-11,13,16,18,20H,7-9,12,14-15H2,1-6H3. The molecule has 0 bridgehead atoms. The zero-order valence-corrected chi connectivity index (χ0v) is 16.1. The van der Waals surface area contributed by atoms with Gasteiger partial charge in [0.1, 0.15) is 5.78 Å². The van der Waals surface area contributed by atoms with Gasteiger partial charge in [-0.15, -0.1) is 0 Å². The summed E-state index contributed by atoms with van der Waals surface area (Å²) < 4.78 is 0. The predicted octanol–water partition coefficient (Wildman–Crippen LogP) is 6.38. The highest BCUT2D eigenvalue weighted by Gasteiger charge is 2.32. The van der Waals surface area contributed by atoms with Crippen LogP contribution in [0.3, 0.4) is 0 Å². The Bertz CT molecular complexity index is 481. The van der Waals surface area contributed by atoms with Crippen LogP contribution in [0.15, 0.2) is 24.3 Å². The molecule has 23 heavy (non-hydrogen) atoms. The first-order valence-corrected chi connectivity index (χ1v) is 9.35. The number of carbonyl (C=O) groups is 1. The summed E-state index contributed by atoms with van der Waals surface area (Å²) in [6.45, 7) is 12.8. The molecular formula is C22H36O. The molecule has 1 aromatic rings. The zero-order chi connectivity index (χ0) is 17.5. The van der Waals surface area contributed by atoms with Crippen molar-refractivity contribution in [2.75, 3.05) is 0 Å². The molecule has 0 fully saturated rings. The van der Waals surface area contributed by atoms with Crippen molar-refractivity contribution in [1.82, 2.24) is 0 Å². The summed E-state index contributed by atoms with van der Waals surface area (Å²) in [6.07, 6.45) is 6.93. The molecule has 0 aliphatic heterocycles. The highest BCUT2D eigenvalue weighted by molar-refractivity contribution is 5.86. The molecule has 0 amide bonds. The molecule has 1 rings (SSSR count). The molecule has 130 valence electrons. The van der Waals surface area contributed by atoms with E-state index in [4.69, 9.17) is 0 Å². The van der Waals surface area contributed by atoms with Crippen molar-refractivity contribution in [3.8, 4) is 0 Å². The Balaban J connectivity index is 2.76. The molecule has 1 aromatic carbocycles. The monoisotopic (exact) mass is 316 g/mol. The summed E-state index contributed by atoms with van der Waals surface area (Å²) >= 11 is 0. The number of ketones is 1. The summed E-state index contributed by atoms with van der Waals surface area (Å²) in [6, 6.07) is 8.69. The van der Waals surface area contributed by atoms with Gasteiger partial charge in [0.15, 0.2) is 0 Å². The van der Waals surface area contributed by atoms with E-state index in [1.807, 2.05) is 0 Å². The molecular weight excluding hydrogens is 280 g/mol. The van der Waals surface area contributed by atoms with Crippen LogP contribution in [0.2, 0.25) is 0 Å². The molecule has 2 atom stereocenters. The van der Waals surface area contributed by atoms with Crippen LogP contribution in [-0.4, -0.2) is 5.78 Å². The first-order chi connectivity index (χ1) is 10.8. The van der Waals surface area contributed by atoms with Gasteiger partial charge in [0, 0.05) is 11.3 Å². The maximum absolute atomic E-state index is 12.9. The summed E-state index contributed by atoms with van der Waals surface area (Å²) in [7, 11) is 0. The first-order valence-electron chi connectivity index (χ1n) is 9.35. The van der Waals surface area contributed by atoms with Crippen LogP contribution in [0.4, 0.5) is 0 Å². The number of rotatable bonds is 9. The van der Waals surface area contributed by atoms with Gasteiger partial charge in [0.2, 0.25) is 0 Å². The van der Waals surface area contributed by atoms with Gasteiger partial charge < -0.3 is 0 Å². The van der Waals surface area contributed by atoms with Crippen LogP contribution < -0.4 is 0 Å². The van der Waals surface area contributed by atoms with E-state index in [0.29, 0.717) is 11.7 Å². The van der Waals surface area contributed by atoms with Crippen LogP contribution in [0.1, 0.15) is 77.8 Å². The summed E-state index contributed by atoms with van der Waals surface area (Å²) in [5.74, 6) is 1.11. The maximum atomic E-state index is 12.9. The fourth-order valence-corrected chi connectivity index (χ4v) is 3.34. The van der Waals surface area contributed by atoms with E-state index in [2.05, 4.69) is 65.8 Å². The zero-order valence-electron chi connectivity index (χ0n) is 16.1. The number of Topliss-reactive ketones (excluding diaryl/α,β-unsaturated/α-hetero) is 1. The topological polar surface area (TPSA) is 17.1 Å².